The molecule has 0 radical (unpaired) electrons. The number of hydrogen-bond acceptors (Lipinski definition) is 4. The average Bonchev–Trinajstić information content (AvgIpc) is 3.24. The predicted octanol–water partition coefficient (Wildman–Crippen LogP) is 4.03. The van der Waals surface area contributed by atoms with E-state index in [1.165, 1.54) is 0 Å². The van der Waals surface area contributed by atoms with Gasteiger partial charge in [0.05, 0.1) is 20.1 Å². The number of nitrogens with one attached hydrogen (secondary N) is 2. The molecule has 1 aliphatic heterocycles. The Morgan fingerprint density at radius 2 is 1.78 bits per heavy atom. The lowest BCUT2D eigenvalue weighted by Crippen LogP contribution is -2.38. The Hall–Kier alpha value is -3.22. The normalized spacial score (nSPS) is 17.9. The number of aryl methyl sites for hydroxylation is 1. The molecule has 0 bridgehead atoms. The van der Waals surface area contributed by atoms with Crippen molar-refractivity contribution in [2.75, 3.05) is 39.2 Å². The zero-order chi connectivity index (χ0) is 23.3. The van der Waals surface area contributed by atoms with Crippen molar-refractivity contribution in [2.24, 2.45) is 11.8 Å². The second-order valence-corrected chi connectivity index (χ2v) is 8.64. The van der Waals surface area contributed by atoms with E-state index >= 15 is 0 Å². The number of rotatable bonds is 7. The lowest BCUT2D eigenvalue weighted by atomic mass is 9.87. The minimum absolute atomic E-state index is 0.0563. The second kappa shape index (κ2) is 10.4. The second-order valence-electron chi connectivity index (χ2n) is 8.64. The van der Waals surface area contributed by atoms with E-state index < -0.39 is 5.92 Å². The highest BCUT2D eigenvalue weighted by molar-refractivity contribution is 5.91. The zero-order valence-electron chi connectivity index (χ0n) is 19.5. The Labute approximate surface area is 190 Å². The van der Waals surface area contributed by atoms with Crippen LogP contribution < -0.4 is 20.1 Å². The van der Waals surface area contributed by atoms with Crippen LogP contribution in [0, 0.1) is 18.8 Å². The van der Waals surface area contributed by atoms with Crippen molar-refractivity contribution < 1.29 is 19.1 Å². The molecule has 32 heavy (non-hydrogen) atoms. The van der Waals surface area contributed by atoms with E-state index in [4.69, 9.17) is 9.47 Å². The molecule has 0 aliphatic carbocycles. The fourth-order valence-corrected chi connectivity index (χ4v) is 4.03. The number of para-hydroxylation sites is 1. The first kappa shape index (κ1) is 23.4. The largest absolute Gasteiger partial charge is 0.493 e. The number of urea groups is 1. The van der Waals surface area contributed by atoms with Crippen LogP contribution >= 0.6 is 0 Å². The first-order valence-electron chi connectivity index (χ1n) is 10.9. The summed E-state index contributed by atoms with van der Waals surface area (Å²) in [4.78, 5) is 27.8. The van der Waals surface area contributed by atoms with Crippen molar-refractivity contribution in [3.05, 3.63) is 53.6 Å². The molecule has 3 rings (SSSR count). The highest BCUT2D eigenvalue weighted by Crippen LogP contribution is 2.42. The van der Waals surface area contributed by atoms with Crippen LogP contribution in [0.1, 0.15) is 30.9 Å². The van der Waals surface area contributed by atoms with E-state index in [9.17, 15) is 9.59 Å². The van der Waals surface area contributed by atoms with E-state index in [1.807, 2.05) is 49.4 Å². The molecule has 2 unspecified atom stereocenters. The number of nitrogens with zero attached hydrogens (tertiary/aromatic N) is 1. The van der Waals surface area contributed by atoms with Gasteiger partial charge in [0.25, 0.3) is 0 Å². The number of benzene rings is 2. The number of anilines is 1. The standard InChI is InChI=1S/C25H33N3O4/c1-16(2)13-26-24(29)21-15-28(25(30)27-18-11-9-17(3)10-12-18)14-20(21)19-7-6-8-22(31-4)23(19)32-5/h6-12,16,20-21H,13-15H2,1-5H3,(H,26,29)(H,27,30). The van der Waals surface area contributed by atoms with Crippen LogP contribution in [0.25, 0.3) is 0 Å². The third-order valence-corrected chi connectivity index (χ3v) is 5.76. The molecule has 0 saturated carbocycles. The van der Waals surface area contributed by atoms with Gasteiger partial charge in [0.2, 0.25) is 5.91 Å². The van der Waals surface area contributed by atoms with Gasteiger partial charge in [0.1, 0.15) is 0 Å². The summed E-state index contributed by atoms with van der Waals surface area (Å²) < 4.78 is 11.1. The fraction of sp³-hybridized carbons (Fsp3) is 0.440. The van der Waals surface area contributed by atoms with Crippen LogP contribution in [0.2, 0.25) is 0 Å². The summed E-state index contributed by atoms with van der Waals surface area (Å²) in [7, 11) is 3.18. The van der Waals surface area contributed by atoms with E-state index in [-0.39, 0.29) is 17.9 Å². The van der Waals surface area contributed by atoms with E-state index in [0.29, 0.717) is 37.1 Å². The Morgan fingerprint density at radius 1 is 1.06 bits per heavy atom. The number of ether oxygens (including phenoxy) is 2. The molecule has 7 heteroatoms. The van der Waals surface area contributed by atoms with E-state index in [0.717, 1.165) is 16.8 Å². The van der Waals surface area contributed by atoms with Gasteiger partial charge in [-0.15, -0.1) is 0 Å². The molecule has 3 amide bonds. The summed E-state index contributed by atoms with van der Waals surface area (Å²) in [5, 5.41) is 5.98. The summed E-state index contributed by atoms with van der Waals surface area (Å²) in [5.74, 6) is 0.885. The fourth-order valence-electron chi connectivity index (χ4n) is 4.03. The lowest BCUT2D eigenvalue weighted by Gasteiger charge is -2.22. The lowest BCUT2D eigenvalue weighted by molar-refractivity contribution is -0.125. The quantitative estimate of drug-likeness (QED) is 0.683. The van der Waals surface area contributed by atoms with Gasteiger partial charge in [-0.3, -0.25) is 4.79 Å². The van der Waals surface area contributed by atoms with Crippen molar-refractivity contribution in [1.29, 1.82) is 0 Å². The summed E-state index contributed by atoms with van der Waals surface area (Å²) in [6.45, 7) is 7.43. The molecule has 1 heterocycles. The summed E-state index contributed by atoms with van der Waals surface area (Å²) in [6.07, 6.45) is 0. The molecule has 0 aromatic heterocycles. The third-order valence-electron chi connectivity index (χ3n) is 5.76. The predicted molar refractivity (Wildman–Crippen MR) is 125 cm³/mol. The van der Waals surface area contributed by atoms with Crippen LogP contribution in [0.3, 0.4) is 0 Å². The van der Waals surface area contributed by atoms with Crippen LogP contribution in [0.15, 0.2) is 42.5 Å². The van der Waals surface area contributed by atoms with Gasteiger partial charge >= 0.3 is 6.03 Å². The Kier molecular flexibility index (Phi) is 7.62. The van der Waals surface area contributed by atoms with E-state index in [2.05, 4.69) is 24.5 Å². The van der Waals surface area contributed by atoms with Crippen LogP contribution in [-0.4, -0.2) is 50.7 Å². The first-order valence-corrected chi connectivity index (χ1v) is 10.9. The molecule has 172 valence electrons. The number of likely N-dealkylation sites (tertiary alicyclic amines) is 1. The SMILES string of the molecule is COc1cccc(C2CN(C(=O)Nc3ccc(C)cc3)CC2C(=O)NCC(C)C)c1OC. The number of methoxy groups -OCH3 is 2. The number of carbonyl (C=O) groups is 2. The molecule has 1 saturated heterocycles. The number of hydrogen-bond donors (Lipinski definition) is 2. The van der Waals surface area contributed by atoms with Crippen LogP contribution in [-0.2, 0) is 4.79 Å². The molecule has 2 atom stereocenters. The van der Waals surface area contributed by atoms with Gasteiger partial charge in [-0.05, 0) is 31.0 Å². The minimum Gasteiger partial charge on any atom is -0.493 e. The van der Waals surface area contributed by atoms with Crippen molar-refractivity contribution in [3.8, 4) is 11.5 Å². The summed E-state index contributed by atoms with van der Waals surface area (Å²) >= 11 is 0. The van der Waals surface area contributed by atoms with Crippen LogP contribution in [0.5, 0.6) is 11.5 Å². The molecular formula is C25H33N3O4. The Morgan fingerprint density at radius 3 is 2.41 bits per heavy atom. The van der Waals surface area contributed by atoms with Crippen molar-refractivity contribution in [1.82, 2.24) is 10.2 Å². The number of amides is 3. The van der Waals surface area contributed by atoms with Gasteiger partial charge < -0.3 is 25.0 Å². The minimum atomic E-state index is -0.390. The molecular weight excluding hydrogens is 406 g/mol. The highest BCUT2D eigenvalue weighted by atomic mass is 16.5. The molecule has 1 aliphatic rings. The van der Waals surface area contributed by atoms with Gasteiger partial charge in [-0.1, -0.05) is 43.7 Å². The summed E-state index contributed by atoms with van der Waals surface area (Å²) in [6, 6.07) is 13.1. The number of carbonyl (C=O) groups excluding carboxylic acids is 2. The highest BCUT2D eigenvalue weighted by Gasteiger charge is 2.42. The maximum absolute atomic E-state index is 13.1. The Balaban J connectivity index is 1.86. The smallest absolute Gasteiger partial charge is 0.321 e. The van der Waals surface area contributed by atoms with Crippen LogP contribution in [0.4, 0.5) is 10.5 Å². The maximum atomic E-state index is 13.1. The molecule has 0 spiro atoms. The topological polar surface area (TPSA) is 79.9 Å². The van der Waals surface area contributed by atoms with Gasteiger partial charge in [-0.2, -0.15) is 0 Å². The molecule has 7 nitrogen and oxygen atoms in total. The maximum Gasteiger partial charge on any atom is 0.321 e. The molecule has 1 fully saturated rings. The van der Waals surface area contributed by atoms with E-state index in [1.54, 1.807) is 19.1 Å². The Bertz CT molecular complexity index is 943. The van der Waals surface area contributed by atoms with Gasteiger partial charge in [0, 0.05) is 36.8 Å². The molecule has 2 aromatic rings. The molecule has 2 N–H and O–H groups in total. The van der Waals surface area contributed by atoms with Gasteiger partial charge in [-0.25, -0.2) is 4.79 Å². The van der Waals surface area contributed by atoms with Crippen molar-refractivity contribution >= 4 is 17.6 Å². The average molecular weight is 440 g/mol. The van der Waals surface area contributed by atoms with Crippen molar-refractivity contribution in [3.63, 3.8) is 0 Å². The zero-order valence-corrected chi connectivity index (χ0v) is 19.5. The third kappa shape index (κ3) is 5.33. The molecule has 2 aromatic carbocycles. The monoisotopic (exact) mass is 439 g/mol. The first-order chi connectivity index (χ1) is 15.3. The van der Waals surface area contributed by atoms with Crippen molar-refractivity contribution in [2.45, 2.75) is 26.7 Å². The van der Waals surface area contributed by atoms with Gasteiger partial charge in [0.15, 0.2) is 11.5 Å². The summed E-state index contributed by atoms with van der Waals surface area (Å²) in [5.41, 5.74) is 2.71.